The zero-order valence-corrected chi connectivity index (χ0v) is 10.4. The lowest BCUT2D eigenvalue weighted by atomic mass is 10.3. The van der Waals surface area contributed by atoms with E-state index in [1.807, 2.05) is 0 Å². The first-order valence-electron chi connectivity index (χ1n) is 3.70. The Morgan fingerprint density at radius 3 is 2.85 bits per heavy atom. The van der Waals surface area contributed by atoms with Crippen LogP contribution >= 0.6 is 31.9 Å². The summed E-state index contributed by atoms with van der Waals surface area (Å²) in [6.07, 6.45) is 1.75. The third-order valence-electron chi connectivity index (χ3n) is 1.57. The Bertz CT molecular complexity index is 395. The van der Waals surface area contributed by atoms with E-state index < -0.39 is 0 Å². The lowest BCUT2D eigenvalue weighted by Crippen LogP contribution is -2.21. The molecule has 1 aromatic heterocycles. The fraction of sp³-hybridized carbons (Fsp3) is 0.222. The van der Waals surface area contributed by atoms with Crippen LogP contribution in [0.5, 0.6) is 0 Å². The first-order valence-corrected chi connectivity index (χ1v) is 5.29. The molecule has 0 spiro atoms. The fourth-order valence-corrected chi connectivity index (χ4v) is 1.90. The number of aryl methyl sites for hydroxylation is 1. The Hall–Kier alpha value is -0.350. The van der Waals surface area contributed by atoms with Gasteiger partial charge in [-0.05, 0) is 28.9 Å². The number of rotatable bonds is 2. The summed E-state index contributed by atoms with van der Waals surface area (Å²) in [6, 6.07) is 1.80. The maximum Gasteiger partial charge on any atom is 0.253 e. The Labute approximate surface area is 93.5 Å². The first kappa shape index (κ1) is 10.7. The van der Waals surface area contributed by atoms with E-state index in [9.17, 15) is 4.79 Å². The number of hydrogen-bond donors (Lipinski definition) is 0. The minimum Gasteiger partial charge on any atom is -0.309 e. The molecular weight excluding hydrogens is 298 g/mol. The molecule has 0 aliphatic rings. The van der Waals surface area contributed by atoms with Crippen molar-refractivity contribution >= 4 is 31.9 Å². The van der Waals surface area contributed by atoms with Gasteiger partial charge >= 0.3 is 0 Å². The third kappa shape index (κ3) is 2.81. The molecule has 0 unspecified atom stereocenters. The van der Waals surface area contributed by atoms with Gasteiger partial charge in [0.25, 0.3) is 5.56 Å². The molecule has 70 valence electrons. The molecule has 1 rings (SSSR count). The van der Waals surface area contributed by atoms with E-state index in [-0.39, 0.29) is 5.56 Å². The molecule has 0 radical (unpaired) electrons. The van der Waals surface area contributed by atoms with E-state index >= 15 is 0 Å². The highest BCUT2D eigenvalue weighted by molar-refractivity contribution is 9.11. The summed E-state index contributed by atoms with van der Waals surface area (Å²) in [5.74, 6) is 0. The molecule has 0 aliphatic heterocycles. The van der Waals surface area contributed by atoms with E-state index in [4.69, 9.17) is 0 Å². The van der Waals surface area contributed by atoms with Gasteiger partial charge in [0.15, 0.2) is 0 Å². The lowest BCUT2D eigenvalue weighted by Gasteiger charge is -2.05. The van der Waals surface area contributed by atoms with Crippen LogP contribution in [0.1, 0.15) is 5.56 Å². The van der Waals surface area contributed by atoms with Gasteiger partial charge in [0.05, 0.1) is 6.54 Å². The summed E-state index contributed by atoms with van der Waals surface area (Å²) in [7, 11) is 0. The van der Waals surface area contributed by atoms with Crippen LogP contribution in [-0.2, 0) is 6.54 Å². The van der Waals surface area contributed by atoms with Crippen LogP contribution in [0.4, 0.5) is 0 Å². The number of pyridine rings is 1. The van der Waals surface area contributed by atoms with Gasteiger partial charge in [0, 0.05) is 20.7 Å². The molecule has 1 heterocycles. The highest BCUT2D eigenvalue weighted by atomic mass is 79.9. The third-order valence-corrected chi connectivity index (χ3v) is 2.26. The molecule has 0 atom stereocenters. The van der Waals surface area contributed by atoms with Gasteiger partial charge in [-0.1, -0.05) is 22.5 Å². The van der Waals surface area contributed by atoms with Crippen molar-refractivity contribution in [3.63, 3.8) is 0 Å². The molecule has 0 N–H and O–H groups in total. The zero-order chi connectivity index (χ0) is 10.0. The van der Waals surface area contributed by atoms with E-state index in [1.54, 1.807) is 23.8 Å². The first-order chi connectivity index (χ1) is 6.00. The minimum absolute atomic E-state index is 0.0174. The average molecular weight is 307 g/mol. The molecule has 0 amide bonds. The summed E-state index contributed by atoms with van der Waals surface area (Å²) >= 11 is 6.56. The van der Waals surface area contributed by atoms with Crippen LogP contribution in [0, 0.1) is 6.92 Å². The van der Waals surface area contributed by atoms with Gasteiger partial charge in [-0.15, -0.1) is 0 Å². The van der Waals surface area contributed by atoms with Crippen LogP contribution in [0.25, 0.3) is 0 Å². The molecule has 0 aromatic carbocycles. The van der Waals surface area contributed by atoms with E-state index in [2.05, 4.69) is 38.4 Å². The summed E-state index contributed by atoms with van der Waals surface area (Å²) in [6.45, 7) is 5.98. The van der Waals surface area contributed by atoms with E-state index in [0.29, 0.717) is 6.54 Å². The van der Waals surface area contributed by atoms with Crippen molar-refractivity contribution in [1.82, 2.24) is 4.57 Å². The van der Waals surface area contributed by atoms with Gasteiger partial charge in [0.1, 0.15) is 0 Å². The Morgan fingerprint density at radius 1 is 1.69 bits per heavy atom. The second-order valence-corrected chi connectivity index (χ2v) is 4.83. The van der Waals surface area contributed by atoms with Crippen molar-refractivity contribution < 1.29 is 0 Å². The average Bonchev–Trinajstić information content (AvgIpc) is 1.98. The van der Waals surface area contributed by atoms with Crippen LogP contribution < -0.4 is 5.56 Å². The minimum atomic E-state index is 0.0174. The maximum atomic E-state index is 11.5. The summed E-state index contributed by atoms with van der Waals surface area (Å²) in [5, 5.41) is 0. The number of nitrogens with zero attached hydrogens (tertiary/aromatic N) is 1. The smallest absolute Gasteiger partial charge is 0.253 e. The molecule has 1 aromatic rings. The number of hydrogen-bond acceptors (Lipinski definition) is 1. The SMILES string of the molecule is C=C(Br)Cn1cc(Br)cc(C)c1=O. The maximum absolute atomic E-state index is 11.5. The van der Waals surface area contributed by atoms with Crippen LogP contribution in [0.15, 0.2) is 32.6 Å². The largest absolute Gasteiger partial charge is 0.309 e. The van der Waals surface area contributed by atoms with Gasteiger partial charge in [0.2, 0.25) is 0 Å². The monoisotopic (exact) mass is 305 g/mol. The van der Waals surface area contributed by atoms with E-state index in [0.717, 1.165) is 14.5 Å². The Morgan fingerprint density at radius 2 is 2.31 bits per heavy atom. The molecular formula is C9H9Br2NO. The lowest BCUT2D eigenvalue weighted by molar-refractivity contribution is 0.763. The second kappa shape index (κ2) is 4.24. The van der Waals surface area contributed by atoms with Gasteiger partial charge in [-0.3, -0.25) is 4.79 Å². The summed E-state index contributed by atoms with van der Waals surface area (Å²) in [5.41, 5.74) is 0.743. The standard InChI is InChI=1S/C9H9Br2NO/c1-6-3-8(11)5-12(9(6)13)4-7(2)10/h3,5H,2,4H2,1H3. The van der Waals surface area contributed by atoms with Crippen LogP contribution in [-0.4, -0.2) is 4.57 Å². The van der Waals surface area contributed by atoms with Crippen molar-refractivity contribution in [3.8, 4) is 0 Å². The predicted octanol–water partition coefficient (Wildman–Crippen LogP) is 2.83. The number of halogens is 2. The fourth-order valence-electron chi connectivity index (χ4n) is 1.04. The van der Waals surface area contributed by atoms with Crippen molar-refractivity contribution in [2.45, 2.75) is 13.5 Å². The Kier molecular flexibility index (Phi) is 3.50. The van der Waals surface area contributed by atoms with Crippen molar-refractivity contribution in [1.29, 1.82) is 0 Å². The van der Waals surface area contributed by atoms with Gasteiger partial charge < -0.3 is 4.57 Å². The van der Waals surface area contributed by atoms with Gasteiger partial charge in [-0.2, -0.15) is 0 Å². The molecule has 0 saturated heterocycles. The van der Waals surface area contributed by atoms with Crippen LogP contribution in [0.2, 0.25) is 0 Å². The van der Waals surface area contributed by atoms with Crippen molar-refractivity contribution in [3.05, 3.63) is 43.7 Å². The topological polar surface area (TPSA) is 22.0 Å². The highest BCUT2D eigenvalue weighted by Gasteiger charge is 2.01. The normalized spacial score (nSPS) is 10.1. The van der Waals surface area contributed by atoms with Crippen molar-refractivity contribution in [2.24, 2.45) is 0 Å². The predicted molar refractivity (Wildman–Crippen MR) is 61.2 cm³/mol. The van der Waals surface area contributed by atoms with Crippen molar-refractivity contribution in [2.75, 3.05) is 0 Å². The molecule has 0 fully saturated rings. The Balaban J connectivity index is 3.21. The number of aromatic nitrogens is 1. The van der Waals surface area contributed by atoms with E-state index in [1.165, 1.54) is 0 Å². The summed E-state index contributed by atoms with van der Waals surface area (Å²) in [4.78, 5) is 11.5. The summed E-state index contributed by atoms with van der Waals surface area (Å²) < 4.78 is 3.29. The molecule has 4 heteroatoms. The molecule has 2 nitrogen and oxygen atoms in total. The van der Waals surface area contributed by atoms with Gasteiger partial charge in [-0.25, -0.2) is 0 Å². The zero-order valence-electron chi connectivity index (χ0n) is 7.18. The number of allylic oxidation sites excluding steroid dienone is 1. The quantitative estimate of drug-likeness (QED) is 0.823. The molecule has 0 bridgehead atoms. The highest BCUT2D eigenvalue weighted by Crippen LogP contribution is 2.10. The van der Waals surface area contributed by atoms with Crippen LogP contribution in [0.3, 0.4) is 0 Å². The molecule has 13 heavy (non-hydrogen) atoms. The molecule has 0 saturated carbocycles. The molecule has 0 aliphatic carbocycles. The second-order valence-electron chi connectivity index (χ2n) is 2.79.